The maximum absolute atomic E-state index is 9.93. The van der Waals surface area contributed by atoms with Crippen LogP contribution in [-0.4, -0.2) is 31.8 Å². The van der Waals surface area contributed by atoms with E-state index in [1.54, 1.807) is 6.20 Å². The molecule has 0 radical (unpaired) electrons. The van der Waals surface area contributed by atoms with Gasteiger partial charge in [0.2, 0.25) is 5.95 Å². The molecule has 0 saturated carbocycles. The van der Waals surface area contributed by atoms with E-state index >= 15 is 0 Å². The van der Waals surface area contributed by atoms with Crippen LogP contribution in [-0.2, 0) is 0 Å². The Balaban J connectivity index is 1.72. The first-order chi connectivity index (χ1) is 11.2. The maximum atomic E-state index is 9.93. The van der Waals surface area contributed by atoms with Crippen molar-refractivity contribution in [3.05, 3.63) is 54.7 Å². The molecule has 4 nitrogen and oxygen atoms in total. The van der Waals surface area contributed by atoms with E-state index in [4.69, 9.17) is 4.98 Å². The van der Waals surface area contributed by atoms with E-state index in [9.17, 15) is 5.11 Å². The second-order valence-electron chi connectivity index (χ2n) is 5.73. The molecule has 3 aromatic rings. The molecule has 4 rings (SSSR count). The molecule has 0 aliphatic carbocycles. The standard InChI is InChI=1S/C18H16IN3O/c19-17-16(23)8-10-22(17)18-20-9-7-15(21-18)14-6-5-12-3-1-2-4-13(12)11-14/h1-7,9,11,16-17,23H,8,10H2/t16-,17?/m0/s1. The molecule has 0 amide bonds. The molecule has 1 saturated heterocycles. The van der Waals surface area contributed by atoms with Gasteiger partial charge in [-0.25, -0.2) is 9.97 Å². The Kier molecular flexibility index (Phi) is 3.90. The molecular weight excluding hydrogens is 401 g/mol. The lowest BCUT2D eigenvalue weighted by Crippen LogP contribution is -2.30. The largest absolute Gasteiger partial charge is 0.390 e. The Bertz CT molecular complexity index is 854. The number of hydrogen-bond donors (Lipinski definition) is 1. The number of rotatable bonds is 2. The van der Waals surface area contributed by atoms with Crippen molar-refractivity contribution in [1.82, 2.24) is 9.97 Å². The fourth-order valence-corrected chi connectivity index (χ4v) is 3.83. The van der Waals surface area contributed by atoms with Crippen molar-refractivity contribution < 1.29 is 5.11 Å². The Hall–Kier alpha value is -1.73. The fraction of sp³-hybridized carbons (Fsp3) is 0.222. The summed E-state index contributed by atoms with van der Waals surface area (Å²) in [6.07, 6.45) is 2.24. The molecule has 1 N–H and O–H groups in total. The Morgan fingerprint density at radius 3 is 2.70 bits per heavy atom. The Labute approximate surface area is 148 Å². The summed E-state index contributed by atoms with van der Waals surface area (Å²) in [5.41, 5.74) is 1.99. The lowest BCUT2D eigenvalue weighted by molar-refractivity contribution is 0.193. The lowest BCUT2D eigenvalue weighted by Gasteiger charge is -2.21. The second kappa shape index (κ2) is 6.05. The zero-order chi connectivity index (χ0) is 15.8. The van der Waals surface area contributed by atoms with Gasteiger partial charge in [-0.3, -0.25) is 0 Å². The molecule has 5 heteroatoms. The number of nitrogens with zero attached hydrogens (tertiary/aromatic N) is 3. The lowest BCUT2D eigenvalue weighted by atomic mass is 10.1. The van der Waals surface area contributed by atoms with Gasteiger partial charge in [0.1, 0.15) is 4.05 Å². The fourth-order valence-electron chi connectivity index (χ4n) is 2.95. The SMILES string of the molecule is O[C@H]1CCN(c2nccc(-c3ccc4ccccc4c3)n2)C1I. The first-order valence-electron chi connectivity index (χ1n) is 7.63. The van der Waals surface area contributed by atoms with E-state index in [2.05, 4.69) is 62.8 Å². The molecule has 1 unspecified atom stereocenters. The highest BCUT2D eigenvalue weighted by molar-refractivity contribution is 14.1. The zero-order valence-corrected chi connectivity index (χ0v) is 14.6. The van der Waals surface area contributed by atoms with Gasteiger partial charge in [0.25, 0.3) is 0 Å². The predicted molar refractivity (Wildman–Crippen MR) is 101 cm³/mol. The van der Waals surface area contributed by atoms with E-state index in [-0.39, 0.29) is 10.2 Å². The molecule has 116 valence electrons. The van der Waals surface area contributed by atoms with Gasteiger partial charge >= 0.3 is 0 Å². The van der Waals surface area contributed by atoms with Gasteiger partial charge in [0, 0.05) is 18.3 Å². The monoisotopic (exact) mass is 417 g/mol. The van der Waals surface area contributed by atoms with Gasteiger partial charge in [-0.2, -0.15) is 0 Å². The van der Waals surface area contributed by atoms with Crippen LogP contribution in [0.2, 0.25) is 0 Å². The van der Waals surface area contributed by atoms with E-state index < -0.39 is 0 Å². The van der Waals surface area contributed by atoms with E-state index in [1.807, 2.05) is 18.2 Å². The van der Waals surface area contributed by atoms with Crippen LogP contribution in [0.15, 0.2) is 54.7 Å². The van der Waals surface area contributed by atoms with E-state index in [0.29, 0.717) is 5.95 Å². The molecule has 2 atom stereocenters. The summed E-state index contributed by atoms with van der Waals surface area (Å²) in [5, 5.41) is 12.4. The summed E-state index contributed by atoms with van der Waals surface area (Å²) in [6, 6.07) is 16.6. The van der Waals surface area contributed by atoms with Gasteiger partial charge < -0.3 is 10.0 Å². The third-order valence-electron chi connectivity index (χ3n) is 4.23. The molecular formula is C18H16IN3O. The molecule has 1 aliphatic heterocycles. The van der Waals surface area contributed by atoms with Crippen LogP contribution in [0, 0.1) is 0 Å². The minimum absolute atomic E-state index is 0.0273. The van der Waals surface area contributed by atoms with Gasteiger partial charge in [-0.05, 0) is 29.3 Å². The van der Waals surface area contributed by atoms with Crippen molar-refractivity contribution in [1.29, 1.82) is 0 Å². The van der Waals surface area contributed by atoms with Crippen LogP contribution in [0.3, 0.4) is 0 Å². The second-order valence-corrected chi connectivity index (χ2v) is 7.00. The van der Waals surface area contributed by atoms with Gasteiger partial charge in [0.05, 0.1) is 11.8 Å². The number of hydrogen-bond acceptors (Lipinski definition) is 4. The van der Waals surface area contributed by atoms with Crippen molar-refractivity contribution in [2.24, 2.45) is 0 Å². The highest BCUT2D eigenvalue weighted by Crippen LogP contribution is 2.29. The number of anilines is 1. The molecule has 1 aromatic heterocycles. The number of fused-ring (bicyclic) bond motifs is 1. The Morgan fingerprint density at radius 2 is 1.91 bits per heavy atom. The number of aliphatic hydroxyl groups is 1. The van der Waals surface area contributed by atoms with Crippen molar-refractivity contribution in [2.75, 3.05) is 11.4 Å². The number of aliphatic hydroxyl groups excluding tert-OH is 1. The summed E-state index contributed by atoms with van der Waals surface area (Å²) >= 11 is 2.26. The van der Waals surface area contributed by atoms with Crippen molar-refractivity contribution in [2.45, 2.75) is 16.6 Å². The summed E-state index contributed by atoms with van der Waals surface area (Å²) in [4.78, 5) is 11.2. The normalized spacial score (nSPS) is 21.0. The van der Waals surface area contributed by atoms with Gasteiger partial charge in [-0.15, -0.1) is 0 Å². The van der Waals surface area contributed by atoms with Crippen LogP contribution in [0.5, 0.6) is 0 Å². The molecule has 2 heterocycles. The van der Waals surface area contributed by atoms with Crippen LogP contribution in [0.4, 0.5) is 5.95 Å². The predicted octanol–water partition coefficient (Wildman–Crippen LogP) is 3.63. The van der Waals surface area contributed by atoms with Crippen LogP contribution in [0.25, 0.3) is 22.0 Å². The first-order valence-corrected chi connectivity index (χ1v) is 8.88. The first kappa shape index (κ1) is 14.8. The molecule has 23 heavy (non-hydrogen) atoms. The average molecular weight is 417 g/mol. The molecule has 1 aliphatic rings. The number of benzene rings is 2. The summed E-state index contributed by atoms with van der Waals surface area (Å²) in [5.74, 6) is 0.687. The van der Waals surface area contributed by atoms with E-state index in [0.717, 1.165) is 24.2 Å². The Morgan fingerprint density at radius 1 is 1.09 bits per heavy atom. The van der Waals surface area contributed by atoms with Crippen molar-refractivity contribution >= 4 is 39.3 Å². The molecule has 0 spiro atoms. The van der Waals surface area contributed by atoms with Crippen molar-refractivity contribution in [3.63, 3.8) is 0 Å². The minimum atomic E-state index is -0.316. The molecule has 2 aromatic carbocycles. The third kappa shape index (κ3) is 2.79. The zero-order valence-electron chi connectivity index (χ0n) is 12.4. The number of halogens is 1. The molecule has 0 bridgehead atoms. The van der Waals surface area contributed by atoms with Crippen LogP contribution >= 0.6 is 22.6 Å². The smallest absolute Gasteiger partial charge is 0.226 e. The topological polar surface area (TPSA) is 49.2 Å². The van der Waals surface area contributed by atoms with Gasteiger partial charge in [-0.1, -0.05) is 59.0 Å². The quantitative estimate of drug-likeness (QED) is 0.393. The molecule has 1 fully saturated rings. The highest BCUT2D eigenvalue weighted by Gasteiger charge is 2.32. The summed E-state index contributed by atoms with van der Waals surface area (Å²) < 4.78 is 0.0273. The van der Waals surface area contributed by atoms with Crippen LogP contribution < -0.4 is 4.90 Å². The van der Waals surface area contributed by atoms with Gasteiger partial charge in [0.15, 0.2) is 0 Å². The summed E-state index contributed by atoms with van der Waals surface area (Å²) in [7, 11) is 0. The van der Waals surface area contributed by atoms with E-state index in [1.165, 1.54) is 10.8 Å². The minimum Gasteiger partial charge on any atom is -0.390 e. The van der Waals surface area contributed by atoms with Crippen molar-refractivity contribution in [3.8, 4) is 11.3 Å². The highest BCUT2D eigenvalue weighted by atomic mass is 127. The number of aromatic nitrogens is 2. The van der Waals surface area contributed by atoms with Crippen LogP contribution in [0.1, 0.15) is 6.42 Å². The maximum Gasteiger partial charge on any atom is 0.226 e. The average Bonchev–Trinajstić information content (AvgIpc) is 2.94. The number of alkyl halides is 1. The third-order valence-corrected chi connectivity index (χ3v) is 5.73. The summed E-state index contributed by atoms with van der Waals surface area (Å²) in [6.45, 7) is 0.788.